The molecular weight excluding hydrogens is 165 g/mol. The minimum Gasteiger partial charge on any atom is -0.475 e. The lowest BCUT2D eigenvalue weighted by Crippen LogP contribution is -2.01. The minimum absolute atomic E-state index is 0.118. The van der Waals surface area contributed by atoms with Gasteiger partial charge in [0.05, 0.1) is 0 Å². The Morgan fingerprint density at radius 3 is 2.92 bits per heavy atom. The molecule has 0 saturated carbocycles. The largest absolute Gasteiger partial charge is 0.475 e. The van der Waals surface area contributed by atoms with E-state index in [1.54, 1.807) is 0 Å². The molecule has 1 rings (SSSR count). The summed E-state index contributed by atoms with van der Waals surface area (Å²) >= 11 is 0. The summed E-state index contributed by atoms with van der Waals surface area (Å²) in [6.45, 7) is -0.407. The number of aromatic carboxylic acids is 1. The van der Waals surface area contributed by atoms with Crippen molar-refractivity contribution in [1.29, 1.82) is 0 Å². The van der Waals surface area contributed by atoms with Crippen LogP contribution >= 0.6 is 0 Å². The molecule has 1 aromatic heterocycles. The zero-order valence-electron chi connectivity index (χ0n) is 6.21. The second-order valence-electron chi connectivity index (χ2n) is 2.08. The number of rotatable bonds is 4. The third-order valence-corrected chi connectivity index (χ3v) is 1.21. The van der Waals surface area contributed by atoms with Crippen molar-refractivity contribution in [3.05, 3.63) is 17.9 Å². The number of halogens is 1. The van der Waals surface area contributed by atoms with E-state index < -0.39 is 12.6 Å². The molecule has 0 spiro atoms. The Balaban J connectivity index is 2.58. The molecule has 0 amide bonds. The van der Waals surface area contributed by atoms with E-state index in [0.29, 0.717) is 0 Å². The Labute approximate surface area is 68.0 Å². The van der Waals surface area contributed by atoms with Gasteiger partial charge in [-0.05, 0) is 6.07 Å². The smallest absolute Gasteiger partial charge is 0.371 e. The van der Waals surface area contributed by atoms with Crippen LogP contribution in [0.4, 0.5) is 10.3 Å². The average molecular weight is 173 g/mol. The summed E-state index contributed by atoms with van der Waals surface area (Å²) in [5, 5.41) is 11.0. The summed E-state index contributed by atoms with van der Waals surface area (Å²) in [6.07, 6.45) is 0. The van der Waals surface area contributed by atoms with Crippen LogP contribution in [-0.4, -0.2) is 24.3 Å². The summed E-state index contributed by atoms with van der Waals surface area (Å²) in [5.74, 6) is -1.02. The lowest BCUT2D eigenvalue weighted by Gasteiger charge is -1.96. The van der Waals surface area contributed by atoms with Gasteiger partial charge in [0.2, 0.25) is 5.76 Å². The molecule has 0 unspecified atom stereocenters. The number of anilines is 1. The van der Waals surface area contributed by atoms with Gasteiger partial charge in [0.25, 0.3) is 0 Å². The standard InChI is InChI=1S/C7H8FNO3/c8-3-4-9-6-2-1-5(12-6)7(10)11/h1-2,9H,3-4H2,(H,10,11). The minimum atomic E-state index is -1.14. The van der Waals surface area contributed by atoms with Crippen molar-refractivity contribution in [2.75, 3.05) is 18.5 Å². The Kier molecular flexibility index (Phi) is 2.68. The molecule has 4 nitrogen and oxygen atoms in total. The molecule has 1 heterocycles. The van der Waals surface area contributed by atoms with E-state index in [4.69, 9.17) is 9.52 Å². The summed E-state index contributed by atoms with van der Waals surface area (Å²) in [7, 11) is 0. The SMILES string of the molecule is O=C(O)c1ccc(NCCF)o1. The first-order valence-corrected chi connectivity index (χ1v) is 3.37. The second kappa shape index (κ2) is 3.75. The first-order valence-electron chi connectivity index (χ1n) is 3.37. The van der Waals surface area contributed by atoms with Crippen LogP contribution in [0.3, 0.4) is 0 Å². The Morgan fingerprint density at radius 1 is 1.67 bits per heavy atom. The zero-order chi connectivity index (χ0) is 8.97. The molecule has 0 aromatic carbocycles. The molecule has 0 aliphatic carbocycles. The molecule has 5 heteroatoms. The van der Waals surface area contributed by atoms with Gasteiger partial charge in [-0.25, -0.2) is 9.18 Å². The van der Waals surface area contributed by atoms with Crippen LogP contribution in [0.1, 0.15) is 10.6 Å². The van der Waals surface area contributed by atoms with Crippen LogP contribution in [0.15, 0.2) is 16.5 Å². The van der Waals surface area contributed by atoms with Crippen LogP contribution in [-0.2, 0) is 0 Å². The van der Waals surface area contributed by atoms with Gasteiger partial charge in [-0.15, -0.1) is 0 Å². The number of nitrogens with one attached hydrogen (secondary N) is 1. The highest BCUT2D eigenvalue weighted by Gasteiger charge is 2.07. The van der Waals surface area contributed by atoms with Crippen LogP contribution in [0.2, 0.25) is 0 Å². The van der Waals surface area contributed by atoms with E-state index in [-0.39, 0.29) is 18.2 Å². The molecule has 0 atom stereocenters. The first kappa shape index (κ1) is 8.58. The Bertz CT molecular complexity index is 271. The molecule has 12 heavy (non-hydrogen) atoms. The molecular formula is C7H8FNO3. The van der Waals surface area contributed by atoms with Crippen molar-refractivity contribution in [2.45, 2.75) is 0 Å². The van der Waals surface area contributed by atoms with Gasteiger partial charge in [0.1, 0.15) is 6.67 Å². The fourth-order valence-electron chi connectivity index (χ4n) is 0.718. The van der Waals surface area contributed by atoms with Crippen LogP contribution in [0, 0.1) is 0 Å². The number of carbonyl (C=O) groups is 1. The van der Waals surface area contributed by atoms with Crippen LogP contribution in [0.25, 0.3) is 0 Å². The highest BCUT2D eigenvalue weighted by atomic mass is 19.1. The molecule has 0 aliphatic heterocycles. The molecule has 0 radical (unpaired) electrons. The molecule has 2 N–H and O–H groups in total. The second-order valence-corrected chi connectivity index (χ2v) is 2.08. The van der Waals surface area contributed by atoms with E-state index in [1.165, 1.54) is 12.1 Å². The maximum absolute atomic E-state index is 11.6. The molecule has 0 bridgehead atoms. The fraction of sp³-hybridized carbons (Fsp3) is 0.286. The highest BCUT2D eigenvalue weighted by molar-refractivity contribution is 5.84. The fourth-order valence-corrected chi connectivity index (χ4v) is 0.718. The zero-order valence-corrected chi connectivity index (χ0v) is 6.21. The summed E-state index contributed by atoms with van der Waals surface area (Å²) in [4.78, 5) is 10.3. The summed E-state index contributed by atoms with van der Waals surface area (Å²) in [6, 6.07) is 2.75. The number of hydrogen-bond acceptors (Lipinski definition) is 3. The van der Waals surface area contributed by atoms with Gasteiger partial charge in [-0.2, -0.15) is 0 Å². The van der Waals surface area contributed by atoms with Crippen molar-refractivity contribution in [3.8, 4) is 0 Å². The number of hydrogen-bond donors (Lipinski definition) is 2. The number of carboxylic acids is 1. The lowest BCUT2D eigenvalue weighted by molar-refractivity contribution is 0.0663. The van der Waals surface area contributed by atoms with Crippen molar-refractivity contribution >= 4 is 11.9 Å². The van der Waals surface area contributed by atoms with E-state index >= 15 is 0 Å². The highest BCUT2D eigenvalue weighted by Crippen LogP contribution is 2.12. The first-order chi connectivity index (χ1) is 5.74. The van der Waals surface area contributed by atoms with E-state index in [0.717, 1.165) is 0 Å². The van der Waals surface area contributed by atoms with E-state index in [1.807, 2.05) is 0 Å². The topological polar surface area (TPSA) is 62.5 Å². The monoisotopic (exact) mass is 173 g/mol. The summed E-state index contributed by atoms with van der Waals surface area (Å²) in [5.41, 5.74) is 0. The van der Waals surface area contributed by atoms with Gasteiger partial charge < -0.3 is 14.8 Å². The van der Waals surface area contributed by atoms with Gasteiger partial charge in [0, 0.05) is 12.6 Å². The maximum Gasteiger partial charge on any atom is 0.371 e. The Hall–Kier alpha value is -1.52. The van der Waals surface area contributed by atoms with Crippen molar-refractivity contribution in [1.82, 2.24) is 0 Å². The molecule has 0 fully saturated rings. The van der Waals surface area contributed by atoms with Gasteiger partial charge in [0.15, 0.2) is 5.88 Å². The summed E-state index contributed by atoms with van der Waals surface area (Å²) < 4.78 is 16.4. The number of carboxylic acid groups (broad SMARTS) is 1. The maximum atomic E-state index is 11.6. The van der Waals surface area contributed by atoms with Crippen molar-refractivity contribution in [2.24, 2.45) is 0 Å². The van der Waals surface area contributed by atoms with Crippen molar-refractivity contribution in [3.63, 3.8) is 0 Å². The third-order valence-electron chi connectivity index (χ3n) is 1.21. The average Bonchev–Trinajstić information content (AvgIpc) is 2.48. The molecule has 1 aromatic rings. The van der Waals surface area contributed by atoms with Gasteiger partial charge in [-0.1, -0.05) is 0 Å². The third kappa shape index (κ3) is 1.98. The van der Waals surface area contributed by atoms with Crippen molar-refractivity contribution < 1.29 is 18.7 Å². The predicted molar refractivity (Wildman–Crippen MR) is 40.1 cm³/mol. The molecule has 66 valence electrons. The molecule has 0 aliphatic rings. The van der Waals surface area contributed by atoms with E-state index in [2.05, 4.69) is 5.32 Å². The predicted octanol–water partition coefficient (Wildman–Crippen LogP) is 1.36. The van der Waals surface area contributed by atoms with Crippen LogP contribution in [0.5, 0.6) is 0 Å². The van der Waals surface area contributed by atoms with Crippen LogP contribution < -0.4 is 5.32 Å². The number of furan rings is 1. The van der Waals surface area contributed by atoms with Gasteiger partial charge >= 0.3 is 5.97 Å². The lowest BCUT2D eigenvalue weighted by atomic mass is 10.5. The normalized spacial score (nSPS) is 9.75. The molecule has 0 saturated heterocycles. The van der Waals surface area contributed by atoms with Gasteiger partial charge in [-0.3, -0.25) is 0 Å². The van der Waals surface area contributed by atoms with E-state index in [9.17, 15) is 9.18 Å². The Morgan fingerprint density at radius 2 is 2.42 bits per heavy atom. The quantitative estimate of drug-likeness (QED) is 0.721. The number of alkyl halides is 1.